The van der Waals surface area contributed by atoms with E-state index in [4.69, 9.17) is 28.2 Å². The molecule has 2 aliphatic rings. The summed E-state index contributed by atoms with van der Waals surface area (Å²) in [4.78, 5) is 61.3. The van der Waals surface area contributed by atoms with Crippen LogP contribution in [0.1, 0.15) is 41.9 Å². The second-order valence-electron chi connectivity index (χ2n) is 12.5. The number of carbonyl (C=O) groups is 3. The monoisotopic (exact) mass is 742 g/mol. The van der Waals surface area contributed by atoms with E-state index in [1.54, 1.807) is 65.6 Å². The van der Waals surface area contributed by atoms with Gasteiger partial charge in [0.15, 0.2) is 0 Å². The van der Waals surface area contributed by atoms with Crippen LogP contribution in [-0.2, 0) is 20.9 Å². The predicted molar refractivity (Wildman–Crippen MR) is 192 cm³/mol. The second-order valence-corrected chi connectivity index (χ2v) is 13.3. The number of aromatic amines is 1. The molecule has 15 nitrogen and oxygen atoms in total. The van der Waals surface area contributed by atoms with Crippen LogP contribution in [0.4, 0.5) is 10.5 Å². The summed E-state index contributed by atoms with van der Waals surface area (Å²) in [5.41, 5.74) is 3.59. The normalized spacial score (nSPS) is 17.0. The number of nitrogens with zero attached hydrogens (tertiary/aromatic N) is 7. The van der Waals surface area contributed by atoms with Crippen molar-refractivity contribution < 1.29 is 19.1 Å². The number of nitrogens with one attached hydrogen (secondary N) is 3. The van der Waals surface area contributed by atoms with E-state index in [0.717, 1.165) is 12.1 Å². The first kappa shape index (κ1) is 34.6. The number of imidazole rings is 1. The van der Waals surface area contributed by atoms with E-state index in [1.165, 1.54) is 24.2 Å². The Morgan fingerprint density at radius 3 is 2.67 bits per heavy atom. The van der Waals surface area contributed by atoms with E-state index in [0.29, 0.717) is 52.9 Å². The van der Waals surface area contributed by atoms with Crippen LogP contribution in [0, 0.1) is 5.92 Å². The van der Waals surface area contributed by atoms with Gasteiger partial charge in [0.2, 0.25) is 11.8 Å². The summed E-state index contributed by atoms with van der Waals surface area (Å²) < 4.78 is 7.91. The van der Waals surface area contributed by atoms with Crippen LogP contribution in [0.3, 0.4) is 0 Å². The first-order chi connectivity index (χ1) is 25.1. The van der Waals surface area contributed by atoms with Crippen molar-refractivity contribution in [3.8, 4) is 16.9 Å². The fraction of sp³-hybridized carbons (Fsp3) is 0.257. The average Bonchev–Trinajstić information content (AvgIpc) is 3.81. The zero-order valence-electron chi connectivity index (χ0n) is 27.7. The SMILES string of the molecule is COC(=O)Nc1ccc(-c2nc([C@H](CC(=O)N3CC4CC(C3)c3cccc(=O)n3C4)NC(=O)C=Cc3cc(Cl)ccc3-n3cnnn3)[nH]c2Cl)cc1. The number of H-pyrrole nitrogens is 1. The molecule has 2 aliphatic heterocycles. The van der Waals surface area contributed by atoms with Gasteiger partial charge in [0.1, 0.15) is 23.0 Å². The Morgan fingerprint density at radius 1 is 1.08 bits per heavy atom. The van der Waals surface area contributed by atoms with Gasteiger partial charge in [0.25, 0.3) is 5.56 Å². The van der Waals surface area contributed by atoms with Gasteiger partial charge in [-0.3, -0.25) is 19.7 Å². The average molecular weight is 744 g/mol. The summed E-state index contributed by atoms with van der Waals surface area (Å²) >= 11 is 12.9. The third kappa shape index (κ3) is 7.45. The highest BCUT2D eigenvalue weighted by molar-refractivity contribution is 6.32. The van der Waals surface area contributed by atoms with Crippen molar-refractivity contribution in [2.75, 3.05) is 25.5 Å². The number of methoxy groups -OCH3 is 1. The van der Waals surface area contributed by atoms with Gasteiger partial charge in [-0.2, -0.15) is 4.68 Å². The van der Waals surface area contributed by atoms with Crippen molar-refractivity contribution in [1.29, 1.82) is 0 Å². The molecular formula is C35H32Cl2N10O5. The lowest BCUT2D eigenvalue weighted by atomic mass is 9.83. The number of halogens is 2. The molecule has 266 valence electrons. The van der Waals surface area contributed by atoms with Crippen LogP contribution >= 0.6 is 23.2 Å². The Balaban J connectivity index is 1.15. The molecule has 2 bridgehead atoms. The second kappa shape index (κ2) is 14.8. The molecule has 7 rings (SSSR count). The molecule has 3 N–H and O–H groups in total. The number of anilines is 1. The molecule has 0 aliphatic carbocycles. The lowest BCUT2D eigenvalue weighted by Crippen LogP contribution is -2.49. The van der Waals surface area contributed by atoms with Crippen LogP contribution < -0.4 is 16.2 Å². The lowest BCUT2D eigenvalue weighted by molar-refractivity contribution is -0.134. The highest BCUT2D eigenvalue weighted by atomic mass is 35.5. The van der Waals surface area contributed by atoms with E-state index in [1.807, 2.05) is 10.6 Å². The number of rotatable bonds is 9. The van der Waals surface area contributed by atoms with E-state index < -0.39 is 18.0 Å². The molecule has 5 heterocycles. The molecule has 1 fully saturated rings. The van der Waals surface area contributed by atoms with Crippen molar-refractivity contribution in [3.63, 3.8) is 0 Å². The molecule has 2 unspecified atom stereocenters. The minimum absolute atomic E-state index is 0.0229. The van der Waals surface area contributed by atoms with Crippen LogP contribution in [0.15, 0.2) is 77.9 Å². The summed E-state index contributed by atoms with van der Waals surface area (Å²) in [5.74, 6) is -0.261. The highest BCUT2D eigenvalue weighted by Gasteiger charge is 2.37. The predicted octanol–water partition coefficient (Wildman–Crippen LogP) is 4.61. The maximum absolute atomic E-state index is 14.0. The minimum atomic E-state index is -0.897. The number of ether oxygens (including phenoxy) is 1. The molecule has 2 aromatic carbocycles. The van der Waals surface area contributed by atoms with Crippen molar-refractivity contribution in [1.82, 2.24) is 45.0 Å². The van der Waals surface area contributed by atoms with Gasteiger partial charge in [-0.25, -0.2) is 9.78 Å². The van der Waals surface area contributed by atoms with Gasteiger partial charge in [0, 0.05) is 65.2 Å². The van der Waals surface area contributed by atoms with Crippen LogP contribution in [0.2, 0.25) is 10.2 Å². The van der Waals surface area contributed by atoms with Crippen molar-refractivity contribution in [3.05, 3.63) is 111 Å². The van der Waals surface area contributed by atoms with Crippen molar-refractivity contribution in [2.24, 2.45) is 5.92 Å². The number of pyridine rings is 1. The molecule has 17 heteroatoms. The highest BCUT2D eigenvalue weighted by Crippen LogP contribution is 2.36. The quantitative estimate of drug-likeness (QED) is 0.182. The number of tetrazole rings is 1. The molecule has 3 aromatic heterocycles. The Labute approximate surface area is 306 Å². The van der Waals surface area contributed by atoms with E-state index in [9.17, 15) is 19.2 Å². The number of piperidine rings is 1. The number of hydrogen-bond acceptors (Lipinski definition) is 9. The first-order valence-corrected chi connectivity index (χ1v) is 17.1. The fourth-order valence-electron chi connectivity index (χ4n) is 6.75. The third-order valence-electron chi connectivity index (χ3n) is 9.13. The van der Waals surface area contributed by atoms with E-state index >= 15 is 0 Å². The molecule has 0 saturated carbocycles. The van der Waals surface area contributed by atoms with Gasteiger partial charge in [-0.1, -0.05) is 41.4 Å². The van der Waals surface area contributed by atoms with Crippen molar-refractivity contribution in [2.45, 2.75) is 31.3 Å². The molecule has 5 aromatic rings. The van der Waals surface area contributed by atoms with Gasteiger partial charge < -0.3 is 24.5 Å². The smallest absolute Gasteiger partial charge is 0.411 e. The number of carbonyl (C=O) groups excluding carboxylic acids is 3. The number of fused-ring (bicyclic) bond motifs is 4. The van der Waals surface area contributed by atoms with E-state index in [2.05, 4.69) is 35.9 Å². The summed E-state index contributed by atoms with van der Waals surface area (Å²) in [7, 11) is 1.27. The topological polar surface area (TPSA) is 182 Å². The van der Waals surface area contributed by atoms with Crippen LogP contribution in [0.5, 0.6) is 0 Å². The van der Waals surface area contributed by atoms with Gasteiger partial charge in [0.05, 0.1) is 25.3 Å². The van der Waals surface area contributed by atoms with Gasteiger partial charge in [-0.05, 0) is 65.2 Å². The Kier molecular flexibility index (Phi) is 9.87. The molecule has 3 atom stereocenters. The zero-order valence-corrected chi connectivity index (χ0v) is 29.2. The number of aromatic nitrogens is 7. The van der Waals surface area contributed by atoms with Crippen LogP contribution in [0.25, 0.3) is 23.0 Å². The molecule has 52 heavy (non-hydrogen) atoms. The molecule has 3 amide bonds. The van der Waals surface area contributed by atoms with E-state index in [-0.39, 0.29) is 40.7 Å². The Bertz CT molecular complexity index is 2220. The Morgan fingerprint density at radius 2 is 1.90 bits per heavy atom. The molecule has 1 saturated heterocycles. The summed E-state index contributed by atoms with van der Waals surface area (Å²) in [6, 6.07) is 16.2. The standard InChI is InChI=1S/C35H32Cl2N10O5/c1-52-35(51)39-25-9-5-21(6-10-25)32-33(37)42-34(41-32)26(40-29(48)12-7-22-14-24(36)8-11-28(22)47-19-38-43-44-47)15-31(50)45-16-20-13-23(18-45)27-3-2-4-30(49)46(27)17-20/h2-12,14,19-20,23,26H,13,15-18H2,1H3,(H,39,51)(H,40,48)(H,41,42)/t20?,23?,26-/m0/s1. The fourth-order valence-corrected chi connectivity index (χ4v) is 7.18. The molecule has 0 spiro atoms. The molecule has 0 radical (unpaired) electrons. The number of benzene rings is 2. The number of hydrogen-bond donors (Lipinski definition) is 3. The zero-order chi connectivity index (χ0) is 36.4. The van der Waals surface area contributed by atoms with Crippen molar-refractivity contribution >= 4 is 52.9 Å². The maximum atomic E-state index is 14.0. The first-order valence-electron chi connectivity index (χ1n) is 16.3. The maximum Gasteiger partial charge on any atom is 0.411 e. The summed E-state index contributed by atoms with van der Waals surface area (Å²) in [6.45, 7) is 1.48. The third-order valence-corrected chi connectivity index (χ3v) is 9.63. The van der Waals surface area contributed by atoms with Gasteiger partial charge in [-0.15, -0.1) is 5.10 Å². The lowest BCUT2D eigenvalue weighted by Gasteiger charge is -2.43. The number of amides is 3. The largest absolute Gasteiger partial charge is 0.453 e. The summed E-state index contributed by atoms with van der Waals surface area (Å²) in [6.07, 6.45) is 4.50. The van der Waals surface area contributed by atoms with Crippen LogP contribution in [-0.4, -0.2) is 77.7 Å². The number of likely N-dealkylation sites (tertiary alicyclic amines) is 1. The minimum Gasteiger partial charge on any atom is -0.453 e. The Hall–Kier alpha value is -5.80. The molecular weight excluding hydrogens is 711 g/mol. The van der Waals surface area contributed by atoms with Gasteiger partial charge >= 0.3 is 6.09 Å². The summed E-state index contributed by atoms with van der Waals surface area (Å²) in [5, 5.41) is 17.5.